The van der Waals surface area contributed by atoms with Gasteiger partial charge in [0.15, 0.2) is 5.82 Å². The van der Waals surface area contributed by atoms with Gasteiger partial charge in [-0.2, -0.15) is 8.99 Å². The van der Waals surface area contributed by atoms with Crippen molar-refractivity contribution in [2.45, 2.75) is 11.4 Å². The molecule has 0 spiro atoms. The van der Waals surface area contributed by atoms with Gasteiger partial charge >= 0.3 is 0 Å². The van der Waals surface area contributed by atoms with Crippen LogP contribution in [0.5, 0.6) is 0 Å². The molecule has 0 amide bonds. The van der Waals surface area contributed by atoms with Crippen LogP contribution in [-0.4, -0.2) is 68.9 Å². The predicted octanol–water partition coefficient (Wildman–Crippen LogP) is 1.22. The highest BCUT2D eigenvalue weighted by atomic mass is 32.2. The number of sulfonamides is 1. The summed E-state index contributed by atoms with van der Waals surface area (Å²) in [5.41, 5.74) is 0.462. The molecule has 1 fully saturated rings. The Hall–Kier alpha value is -3.29. The van der Waals surface area contributed by atoms with E-state index in [2.05, 4.69) is 15.5 Å². The fraction of sp³-hybridized carbons (Fsp3) is 0.278. The summed E-state index contributed by atoms with van der Waals surface area (Å²) >= 11 is 0. The lowest BCUT2D eigenvalue weighted by atomic mass is 10.3. The molecule has 2 heterocycles. The third-order valence-electron chi connectivity index (χ3n) is 4.99. The zero-order valence-electron chi connectivity index (χ0n) is 16.2. The molecule has 0 N–H and O–H groups in total. The largest absolute Gasteiger partial charge is 0.293 e. The molecule has 1 aromatic heterocycles. The maximum atomic E-state index is 13.2. The molecule has 11 nitrogen and oxygen atoms in total. The fourth-order valence-electron chi connectivity index (χ4n) is 3.30. The van der Waals surface area contributed by atoms with Gasteiger partial charge in [-0.3, -0.25) is 15.0 Å². The number of nitro groups is 1. The van der Waals surface area contributed by atoms with Gasteiger partial charge in [0.2, 0.25) is 10.0 Å². The minimum absolute atomic E-state index is 0.0202. The normalized spacial score (nSPS) is 15.8. The predicted molar refractivity (Wildman–Crippen MR) is 106 cm³/mol. The first-order chi connectivity index (χ1) is 14.8. The second-order valence-corrected chi connectivity index (χ2v) is 8.85. The maximum absolute atomic E-state index is 13.2. The first-order valence-electron chi connectivity index (χ1n) is 9.35. The van der Waals surface area contributed by atoms with Gasteiger partial charge < -0.3 is 0 Å². The van der Waals surface area contributed by atoms with E-state index in [4.69, 9.17) is 0 Å². The van der Waals surface area contributed by atoms with Crippen LogP contribution in [0.4, 0.5) is 10.1 Å². The summed E-state index contributed by atoms with van der Waals surface area (Å²) in [5, 5.41) is 22.4. The minimum atomic E-state index is -3.74. The highest BCUT2D eigenvalue weighted by Gasteiger charge is 2.29. The Balaban J connectivity index is 1.41. The van der Waals surface area contributed by atoms with Crippen LogP contribution in [-0.2, 0) is 16.6 Å². The third-order valence-corrected chi connectivity index (χ3v) is 6.90. The van der Waals surface area contributed by atoms with Crippen LogP contribution < -0.4 is 0 Å². The van der Waals surface area contributed by atoms with Crippen LogP contribution in [0, 0.1) is 15.9 Å². The van der Waals surface area contributed by atoms with E-state index in [0.717, 1.165) is 0 Å². The SMILES string of the molecule is O=[N+]([O-])c1ccc(S(=O)(=O)N2CCN(Cc3nnnn3-c3ccc(F)cc3)CC2)cc1. The van der Waals surface area contributed by atoms with Gasteiger partial charge in [-0.15, -0.1) is 5.10 Å². The molecule has 0 bridgehead atoms. The van der Waals surface area contributed by atoms with Gasteiger partial charge in [-0.25, -0.2) is 12.8 Å². The average Bonchev–Trinajstić information content (AvgIpc) is 3.23. The van der Waals surface area contributed by atoms with Crippen molar-refractivity contribution in [3.63, 3.8) is 0 Å². The molecule has 0 atom stereocenters. The van der Waals surface area contributed by atoms with Gasteiger partial charge in [-0.1, -0.05) is 0 Å². The molecule has 0 aliphatic carbocycles. The quantitative estimate of drug-likeness (QED) is 0.408. The molecule has 0 saturated carbocycles. The Morgan fingerprint density at radius 1 is 1.00 bits per heavy atom. The molecule has 31 heavy (non-hydrogen) atoms. The number of hydrogen-bond donors (Lipinski definition) is 0. The van der Waals surface area contributed by atoms with Crippen LogP contribution in [0.3, 0.4) is 0 Å². The molecule has 162 valence electrons. The van der Waals surface area contributed by atoms with Crippen molar-refractivity contribution < 1.29 is 17.7 Å². The summed E-state index contributed by atoms with van der Waals surface area (Å²) in [4.78, 5) is 12.2. The summed E-state index contributed by atoms with van der Waals surface area (Å²) < 4.78 is 41.7. The van der Waals surface area contributed by atoms with Crippen LogP contribution in [0.2, 0.25) is 0 Å². The van der Waals surface area contributed by atoms with E-state index in [1.165, 1.54) is 45.4 Å². The van der Waals surface area contributed by atoms with Crippen LogP contribution in [0.1, 0.15) is 5.82 Å². The van der Waals surface area contributed by atoms with Gasteiger partial charge in [0.1, 0.15) is 5.82 Å². The number of benzene rings is 2. The molecule has 3 aromatic rings. The molecule has 13 heteroatoms. The number of aromatic nitrogens is 4. The molecule has 1 aliphatic heterocycles. The van der Waals surface area contributed by atoms with E-state index in [9.17, 15) is 22.9 Å². The number of non-ortho nitro benzene ring substituents is 1. The van der Waals surface area contributed by atoms with E-state index >= 15 is 0 Å². The number of rotatable bonds is 6. The molecular formula is C18H18FN7O4S. The number of nitro benzene ring substituents is 1. The van der Waals surface area contributed by atoms with E-state index < -0.39 is 14.9 Å². The van der Waals surface area contributed by atoms with Crippen molar-refractivity contribution >= 4 is 15.7 Å². The number of piperazine rings is 1. The second kappa shape index (κ2) is 8.45. The topological polar surface area (TPSA) is 127 Å². The van der Waals surface area contributed by atoms with E-state index in [-0.39, 0.29) is 29.5 Å². The van der Waals surface area contributed by atoms with E-state index in [1.807, 2.05) is 4.90 Å². The standard InChI is InChI=1S/C18H18FN7O4S/c19-14-1-3-15(4-2-14)25-18(20-21-22-25)13-23-9-11-24(12-10-23)31(29,30)17-7-5-16(6-8-17)26(27)28/h1-8H,9-13H2. The summed E-state index contributed by atoms with van der Waals surface area (Å²) in [7, 11) is -3.74. The number of tetrazole rings is 1. The zero-order chi connectivity index (χ0) is 22.0. The highest BCUT2D eigenvalue weighted by molar-refractivity contribution is 7.89. The Kier molecular flexibility index (Phi) is 5.71. The first kappa shape index (κ1) is 21.0. The minimum Gasteiger partial charge on any atom is -0.293 e. The van der Waals surface area contributed by atoms with Crippen molar-refractivity contribution in [1.29, 1.82) is 0 Å². The molecule has 2 aromatic carbocycles. The van der Waals surface area contributed by atoms with Crippen molar-refractivity contribution in [3.05, 3.63) is 70.3 Å². The van der Waals surface area contributed by atoms with E-state index in [1.54, 1.807) is 12.1 Å². The third kappa shape index (κ3) is 4.42. The zero-order valence-corrected chi connectivity index (χ0v) is 17.0. The Morgan fingerprint density at radius 2 is 1.65 bits per heavy atom. The number of hydrogen-bond acceptors (Lipinski definition) is 8. The van der Waals surface area contributed by atoms with Crippen molar-refractivity contribution in [1.82, 2.24) is 29.4 Å². The van der Waals surface area contributed by atoms with Crippen molar-refractivity contribution in [3.8, 4) is 5.69 Å². The summed E-state index contributed by atoms with van der Waals surface area (Å²) in [5.74, 6) is 0.196. The smallest absolute Gasteiger partial charge is 0.269 e. The van der Waals surface area contributed by atoms with Crippen LogP contribution in [0.25, 0.3) is 5.69 Å². The number of nitrogens with zero attached hydrogens (tertiary/aromatic N) is 7. The Labute approximate surface area is 176 Å². The Bertz CT molecular complexity index is 1170. The molecule has 1 saturated heterocycles. The monoisotopic (exact) mass is 447 g/mol. The molecular weight excluding hydrogens is 429 g/mol. The molecule has 0 radical (unpaired) electrons. The maximum Gasteiger partial charge on any atom is 0.269 e. The molecule has 0 unspecified atom stereocenters. The lowest BCUT2D eigenvalue weighted by molar-refractivity contribution is -0.384. The van der Waals surface area contributed by atoms with Crippen molar-refractivity contribution in [2.24, 2.45) is 0 Å². The second-order valence-electron chi connectivity index (χ2n) is 6.91. The lowest BCUT2D eigenvalue weighted by Crippen LogP contribution is -2.48. The summed E-state index contributed by atoms with van der Waals surface area (Å²) in [6.45, 7) is 1.84. The van der Waals surface area contributed by atoms with Gasteiger partial charge in [0, 0.05) is 38.3 Å². The van der Waals surface area contributed by atoms with Gasteiger partial charge in [0.05, 0.1) is 22.1 Å². The molecule has 1 aliphatic rings. The van der Waals surface area contributed by atoms with Crippen LogP contribution >= 0.6 is 0 Å². The fourth-order valence-corrected chi connectivity index (χ4v) is 4.73. The summed E-state index contributed by atoms with van der Waals surface area (Å²) in [6.07, 6.45) is 0. The lowest BCUT2D eigenvalue weighted by Gasteiger charge is -2.33. The highest BCUT2D eigenvalue weighted by Crippen LogP contribution is 2.21. The van der Waals surface area contributed by atoms with Crippen molar-refractivity contribution in [2.75, 3.05) is 26.2 Å². The first-order valence-corrected chi connectivity index (χ1v) is 10.8. The molecule has 4 rings (SSSR count). The van der Waals surface area contributed by atoms with Crippen LogP contribution in [0.15, 0.2) is 53.4 Å². The van der Waals surface area contributed by atoms with E-state index in [0.29, 0.717) is 31.1 Å². The summed E-state index contributed by atoms with van der Waals surface area (Å²) in [6, 6.07) is 10.6. The Morgan fingerprint density at radius 3 is 2.26 bits per heavy atom. The van der Waals surface area contributed by atoms with Gasteiger partial charge in [0.25, 0.3) is 5.69 Å². The van der Waals surface area contributed by atoms with Gasteiger partial charge in [-0.05, 0) is 46.8 Å². The average molecular weight is 447 g/mol. The number of halogens is 1.